The zero-order valence-electron chi connectivity index (χ0n) is 10.2. The molecule has 2 N–H and O–H groups in total. The van der Waals surface area contributed by atoms with Crippen LogP contribution < -0.4 is 10.6 Å². The second kappa shape index (κ2) is 7.17. The van der Waals surface area contributed by atoms with Gasteiger partial charge in [0.05, 0.1) is 6.04 Å². The number of hydrogen-bond acceptors (Lipinski definition) is 1. The molecule has 0 fully saturated rings. The summed E-state index contributed by atoms with van der Waals surface area (Å²) in [6.45, 7) is 4.64. The van der Waals surface area contributed by atoms with Crippen molar-refractivity contribution in [2.45, 2.75) is 19.9 Å². The molecule has 0 saturated carbocycles. The molecular weight excluding hydrogens is 236 g/mol. The fourth-order valence-corrected chi connectivity index (χ4v) is 1.74. The van der Waals surface area contributed by atoms with E-state index in [0.29, 0.717) is 18.3 Å². The van der Waals surface area contributed by atoms with Gasteiger partial charge in [0, 0.05) is 12.4 Å². The van der Waals surface area contributed by atoms with Gasteiger partial charge >= 0.3 is 6.03 Å². The molecule has 94 valence electrons. The Morgan fingerprint density at radius 2 is 1.94 bits per heavy atom. The summed E-state index contributed by atoms with van der Waals surface area (Å²) in [7, 11) is 0. The lowest BCUT2D eigenvalue weighted by molar-refractivity contribution is 0.233. The lowest BCUT2D eigenvalue weighted by Crippen LogP contribution is -2.40. The van der Waals surface area contributed by atoms with Gasteiger partial charge in [-0.15, -0.1) is 11.6 Å². The van der Waals surface area contributed by atoms with Gasteiger partial charge in [-0.2, -0.15) is 0 Å². The van der Waals surface area contributed by atoms with Crippen LogP contribution in [-0.4, -0.2) is 18.5 Å². The maximum absolute atomic E-state index is 11.6. The van der Waals surface area contributed by atoms with Crippen LogP contribution in [0.15, 0.2) is 30.3 Å². The molecule has 1 atom stereocenters. The summed E-state index contributed by atoms with van der Waals surface area (Å²) >= 11 is 5.52. The molecule has 0 spiro atoms. The molecule has 1 rings (SSSR count). The number of carbonyl (C=O) groups excluding carboxylic acids is 1. The highest BCUT2D eigenvalue weighted by atomic mass is 35.5. The third-order valence-corrected chi connectivity index (χ3v) is 2.68. The first-order valence-corrected chi connectivity index (χ1v) is 6.34. The summed E-state index contributed by atoms with van der Waals surface area (Å²) < 4.78 is 0. The number of nitrogens with one attached hydrogen (secondary N) is 2. The van der Waals surface area contributed by atoms with E-state index in [1.807, 2.05) is 30.3 Å². The van der Waals surface area contributed by atoms with Crippen LogP contribution in [0.4, 0.5) is 4.79 Å². The molecule has 4 heteroatoms. The number of rotatable bonds is 5. The minimum atomic E-state index is -0.173. The predicted molar refractivity (Wildman–Crippen MR) is 71.3 cm³/mol. The van der Waals surface area contributed by atoms with E-state index in [0.717, 1.165) is 5.56 Å². The van der Waals surface area contributed by atoms with Crippen LogP contribution in [-0.2, 0) is 0 Å². The summed E-state index contributed by atoms with van der Waals surface area (Å²) in [5, 5.41) is 5.66. The minimum Gasteiger partial charge on any atom is -0.337 e. The third kappa shape index (κ3) is 4.65. The van der Waals surface area contributed by atoms with Gasteiger partial charge in [-0.05, 0) is 11.5 Å². The third-order valence-electron chi connectivity index (χ3n) is 2.49. The highest BCUT2D eigenvalue weighted by molar-refractivity contribution is 6.18. The first-order valence-electron chi connectivity index (χ1n) is 5.80. The summed E-state index contributed by atoms with van der Waals surface area (Å²) in [4.78, 5) is 11.6. The largest absolute Gasteiger partial charge is 0.337 e. The number of urea groups is 1. The molecule has 0 aliphatic carbocycles. The smallest absolute Gasteiger partial charge is 0.315 e. The second-order valence-corrected chi connectivity index (χ2v) is 4.60. The van der Waals surface area contributed by atoms with Gasteiger partial charge < -0.3 is 10.6 Å². The van der Waals surface area contributed by atoms with Crippen LogP contribution in [0.25, 0.3) is 0 Å². The van der Waals surface area contributed by atoms with Gasteiger partial charge in [0.15, 0.2) is 0 Å². The fourth-order valence-electron chi connectivity index (χ4n) is 1.65. The SMILES string of the molecule is CC(C)C(NC(=O)NCCCl)c1ccccc1. The number of carbonyl (C=O) groups is 1. The molecule has 0 aliphatic rings. The normalized spacial score (nSPS) is 12.2. The average molecular weight is 255 g/mol. The van der Waals surface area contributed by atoms with E-state index in [-0.39, 0.29) is 12.1 Å². The Kier molecular flexibility index (Phi) is 5.84. The zero-order valence-corrected chi connectivity index (χ0v) is 11.0. The van der Waals surface area contributed by atoms with E-state index in [2.05, 4.69) is 24.5 Å². The van der Waals surface area contributed by atoms with Gasteiger partial charge in [-0.3, -0.25) is 0 Å². The van der Waals surface area contributed by atoms with Crippen molar-refractivity contribution in [1.82, 2.24) is 10.6 Å². The van der Waals surface area contributed by atoms with Crippen LogP contribution >= 0.6 is 11.6 Å². The van der Waals surface area contributed by atoms with E-state index in [1.165, 1.54) is 0 Å². The molecule has 0 aromatic heterocycles. The van der Waals surface area contributed by atoms with Gasteiger partial charge in [-0.25, -0.2) is 4.79 Å². The molecule has 0 aliphatic heterocycles. The molecule has 0 bridgehead atoms. The van der Waals surface area contributed by atoms with Gasteiger partial charge in [-0.1, -0.05) is 44.2 Å². The standard InChI is InChI=1S/C13H19ClN2O/c1-10(2)12(11-6-4-3-5-7-11)16-13(17)15-9-8-14/h3-7,10,12H,8-9H2,1-2H3,(H2,15,16,17). The monoisotopic (exact) mass is 254 g/mol. The number of halogens is 1. The van der Waals surface area contributed by atoms with E-state index >= 15 is 0 Å². The molecule has 0 heterocycles. The predicted octanol–water partition coefficient (Wildman–Crippen LogP) is 2.92. The zero-order chi connectivity index (χ0) is 12.7. The lowest BCUT2D eigenvalue weighted by Gasteiger charge is -2.23. The van der Waals surface area contributed by atoms with Gasteiger partial charge in [0.1, 0.15) is 0 Å². The first-order chi connectivity index (χ1) is 8.15. The summed E-state index contributed by atoms with van der Waals surface area (Å²) in [5.41, 5.74) is 1.11. The van der Waals surface area contributed by atoms with Gasteiger partial charge in [0.25, 0.3) is 0 Å². The Morgan fingerprint density at radius 3 is 2.47 bits per heavy atom. The molecule has 1 aromatic carbocycles. The van der Waals surface area contributed by atoms with Crippen molar-refractivity contribution in [3.05, 3.63) is 35.9 Å². The Labute approximate surface area is 108 Å². The highest BCUT2D eigenvalue weighted by Crippen LogP contribution is 2.20. The minimum absolute atomic E-state index is 0.0199. The Balaban J connectivity index is 2.65. The van der Waals surface area contributed by atoms with Crippen LogP contribution in [0.2, 0.25) is 0 Å². The maximum atomic E-state index is 11.6. The van der Waals surface area contributed by atoms with E-state index in [9.17, 15) is 4.79 Å². The van der Waals surface area contributed by atoms with E-state index in [1.54, 1.807) is 0 Å². The van der Waals surface area contributed by atoms with Crippen molar-refractivity contribution in [3.8, 4) is 0 Å². The van der Waals surface area contributed by atoms with E-state index in [4.69, 9.17) is 11.6 Å². The molecule has 17 heavy (non-hydrogen) atoms. The Morgan fingerprint density at radius 1 is 1.29 bits per heavy atom. The average Bonchev–Trinajstić information content (AvgIpc) is 2.34. The van der Waals surface area contributed by atoms with Crippen LogP contribution in [0.3, 0.4) is 0 Å². The van der Waals surface area contributed by atoms with Crippen molar-refractivity contribution in [1.29, 1.82) is 0 Å². The fraction of sp³-hybridized carbons (Fsp3) is 0.462. The second-order valence-electron chi connectivity index (χ2n) is 4.22. The maximum Gasteiger partial charge on any atom is 0.315 e. The quantitative estimate of drug-likeness (QED) is 0.780. The summed E-state index contributed by atoms with van der Waals surface area (Å²) in [5.74, 6) is 0.754. The molecule has 3 nitrogen and oxygen atoms in total. The molecule has 1 unspecified atom stereocenters. The van der Waals surface area contributed by atoms with Crippen molar-refractivity contribution in [3.63, 3.8) is 0 Å². The Bertz CT molecular complexity index is 341. The molecule has 2 amide bonds. The molecular formula is C13H19ClN2O. The number of hydrogen-bond donors (Lipinski definition) is 2. The topological polar surface area (TPSA) is 41.1 Å². The summed E-state index contributed by atoms with van der Waals surface area (Å²) in [6, 6.07) is 9.80. The van der Waals surface area contributed by atoms with Crippen molar-refractivity contribution >= 4 is 17.6 Å². The lowest BCUT2D eigenvalue weighted by atomic mass is 9.96. The van der Waals surface area contributed by atoms with Crippen LogP contribution in [0.1, 0.15) is 25.5 Å². The molecule has 0 radical (unpaired) electrons. The van der Waals surface area contributed by atoms with Gasteiger partial charge in [0.2, 0.25) is 0 Å². The number of alkyl halides is 1. The van der Waals surface area contributed by atoms with Crippen molar-refractivity contribution in [2.24, 2.45) is 5.92 Å². The van der Waals surface area contributed by atoms with Crippen molar-refractivity contribution in [2.75, 3.05) is 12.4 Å². The van der Waals surface area contributed by atoms with Crippen LogP contribution in [0.5, 0.6) is 0 Å². The number of benzene rings is 1. The molecule has 1 aromatic rings. The highest BCUT2D eigenvalue weighted by Gasteiger charge is 2.17. The summed E-state index contributed by atoms with van der Waals surface area (Å²) in [6.07, 6.45) is 0. The molecule has 0 saturated heterocycles. The van der Waals surface area contributed by atoms with Crippen LogP contribution in [0, 0.1) is 5.92 Å². The first kappa shape index (κ1) is 13.8. The van der Waals surface area contributed by atoms with E-state index < -0.39 is 0 Å². The number of amides is 2. The Hall–Kier alpha value is -1.22. The van der Waals surface area contributed by atoms with Crippen molar-refractivity contribution < 1.29 is 4.79 Å².